The van der Waals surface area contributed by atoms with Crippen LogP contribution in [-0.2, 0) is 11.3 Å². The summed E-state index contributed by atoms with van der Waals surface area (Å²) in [6, 6.07) is 14.7. The lowest BCUT2D eigenvalue weighted by atomic mass is 10.1. The number of nitrogens with one attached hydrogen (secondary N) is 1. The largest absolute Gasteiger partial charge is 0.356 e. The number of hydrogen-bond acceptors (Lipinski definition) is 6. The van der Waals surface area contributed by atoms with Crippen LogP contribution in [0.5, 0.6) is 0 Å². The number of pyridine rings is 1. The van der Waals surface area contributed by atoms with Crippen LogP contribution in [0, 0.1) is 5.82 Å². The van der Waals surface area contributed by atoms with Gasteiger partial charge in [-0.25, -0.2) is 9.07 Å². The van der Waals surface area contributed by atoms with Gasteiger partial charge in [0.25, 0.3) is 5.91 Å². The van der Waals surface area contributed by atoms with Crippen molar-refractivity contribution in [2.75, 3.05) is 26.2 Å². The molecular weight excluding hydrogens is 549 g/mol. The molecule has 2 aliphatic heterocycles. The second-order valence-corrected chi connectivity index (χ2v) is 12.0. The number of hydrogen-bond donors (Lipinski definition) is 1. The number of halogens is 1. The number of ether oxygens (including phenoxy) is 1. The van der Waals surface area contributed by atoms with Crippen LogP contribution < -0.4 is 5.32 Å². The maximum Gasteiger partial charge on any atom is 0.252 e. The Morgan fingerprint density at radius 2 is 1.98 bits per heavy atom. The highest BCUT2D eigenvalue weighted by Gasteiger charge is 2.21. The van der Waals surface area contributed by atoms with Crippen molar-refractivity contribution in [1.29, 1.82) is 0 Å². The number of amides is 1. The zero-order valence-corrected chi connectivity index (χ0v) is 24.7. The first-order valence-corrected chi connectivity index (χ1v) is 15.6. The van der Waals surface area contributed by atoms with Crippen LogP contribution in [0.25, 0.3) is 23.1 Å². The van der Waals surface area contributed by atoms with Crippen molar-refractivity contribution in [3.05, 3.63) is 83.1 Å². The van der Waals surface area contributed by atoms with Gasteiger partial charge in [0, 0.05) is 41.1 Å². The molecule has 2 fully saturated rings. The van der Waals surface area contributed by atoms with Gasteiger partial charge in [-0.1, -0.05) is 17.8 Å². The van der Waals surface area contributed by atoms with Gasteiger partial charge in [-0.05, 0) is 112 Å². The Hall–Kier alpha value is -3.53. The molecule has 0 radical (unpaired) electrons. The van der Waals surface area contributed by atoms with Crippen molar-refractivity contribution in [2.24, 2.45) is 0 Å². The molecule has 42 heavy (non-hydrogen) atoms. The number of carbonyl (C=O) groups is 1. The van der Waals surface area contributed by atoms with E-state index in [4.69, 9.17) is 9.84 Å². The third kappa shape index (κ3) is 6.59. The molecule has 2 aromatic heterocycles. The number of likely N-dealkylation sites (tertiary alicyclic amines) is 1. The van der Waals surface area contributed by atoms with E-state index >= 15 is 0 Å². The summed E-state index contributed by atoms with van der Waals surface area (Å²) in [6.45, 7) is 6.32. The van der Waals surface area contributed by atoms with E-state index in [0.29, 0.717) is 23.6 Å². The van der Waals surface area contributed by atoms with E-state index in [1.807, 2.05) is 36.0 Å². The van der Waals surface area contributed by atoms with Crippen LogP contribution in [0.4, 0.5) is 4.39 Å². The standard InChI is InChI=1S/C33H36FN5O2S/c1-2-35-33(40)28-19-24(34)9-15-31(28)42-26-12-13-27-29(37-39(30(27)20-26)32-7-3-6-18-41-32)14-11-25-10-8-23(21-36-25)22-38-16-4-5-17-38/h8-15,19-21,32H,2-7,16-18,22H2,1H3,(H,35,40)/b14-11+. The lowest BCUT2D eigenvalue weighted by molar-refractivity contribution is -0.0367. The Bertz CT molecular complexity index is 1570. The fourth-order valence-corrected chi connectivity index (χ4v) is 6.57. The summed E-state index contributed by atoms with van der Waals surface area (Å²) in [6.07, 6.45) is 11.5. The first kappa shape index (κ1) is 28.6. The lowest BCUT2D eigenvalue weighted by Gasteiger charge is -2.23. The summed E-state index contributed by atoms with van der Waals surface area (Å²) in [7, 11) is 0. The van der Waals surface area contributed by atoms with E-state index in [1.165, 1.54) is 55.4 Å². The number of aromatic nitrogens is 3. The quantitative estimate of drug-likeness (QED) is 0.230. The van der Waals surface area contributed by atoms with Crippen LogP contribution in [0.15, 0.2) is 64.5 Å². The van der Waals surface area contributed by atoms with Crippen molar-refractivity contribution < 1.29 is 13.9 Å². The normalized spacial score (nSPS) is 17.8. The Balaban J connectivity index is 1.29. The predicted molar refractivity (Wildman–Crippen MR) is 165 cm³/mol. The summed E-state index contributed by atoms with van der Waals surface area (Å²) in [5, 5.41) is 8.79. The van der Waals surface area contributed by atoms with Gasteiger partial charge in [0.15, 0.2) is 6.23 Å². The topological polar surface area (TPSA) is 72.3 Å². The lowest BCUT2D eigenvalue weighted by Crippen LogP contribution is -2.23. The molecule has 218 valence electrons. The smallest absolute Gasteiger partial charge is 0.252 e. The van der Waals surface area contributed by atoms with Crippen molar-refractivity contribution in [2.45, 2.75) is 61.6 Å². The Labute approximate surface area is 250 Å². The van der Waals surface area contributed by atoms with Crippen molar-refractivity contribution >= 4 is 40.7 Å². The van der Waals surface area contributed by atoms with E-state index < -0.39 is 5.82 Å². The monoisotopic (exact) mass is 585 g/mol. The van der Waals surface area contributed by atoms with Crippen molar-refractivity contribution in [1.82, 2.24) is 25.0 Å². The van der Waals surface area contributed by atoms with Gasteiger partial charge in [0.05, 0.1) is 22.5 Å². The number of nitrogens with zero attached hydrogens (tertiary/aromatic N) is 4. The molecule has 6 rings (SSSR count). The van der Waals surface area contributed by atoms with E-state index in [2.05, 4.69) is 39.5 Å². The first-order valence-electron chi connectivity index (χ1n) is 14.8. The zero-order valence-electron chi connectivity index (χ0n) is 23.9. The molecule has 0 aliphatic carbocycles. The third-order valence-corrected chi connectivity index (χ3v) is 8.82. The second kappa shape index (κ2) is 13.2. The number of fused-ring (bicyclic) bond motifs is 1. The number of rotatable bonds is 9. The summed E-state index contributed by atoms with van der Waals surface area (Å²) in [5.74, 6) is -0.720. The first-order chi connectivity index (χ1) is 20.6. The second-order valence-electron chi connectivity index (χ2n) is 10.8. The summed E-state index contributed by atoms with van der Waals surface area (Å²) < 4.78 is 22.1. The van der Waals surface area contributed by atoms with Gasteiger partial charge < -0.3 is 10.1 Å². The van der Waals surface area contributed by atoms with Gasteiger partial charge in [0.1, 0.15) is 5.82 Å². The van der Waals surface area contributed by atoms with Crippen LogP contribution >= 0.6 is 11.8 Å². The molecule has 9 heteroatoms. The molecule has 4 aromatic rings. The average Bonchev–Trinajstić information content (AvgIpc) is 3.66. The predicted octanol–water partition coefficient (Wildman–Crippen LogP) is 6.94. The molecule has 0 spiro atoms. The molecule has 2 aromatic carbocycles. The van der Waals surface area contributed by atoms with Gasteiger partial charge in [0.2, 0.25) is 0 Å². The fourth-order valence-electron chi connectivity index (χ4n) is 5.61. The molecule has 2 aliphatic rings. The van der Waals surface area contributed by atoms with Gasteiger partial charge in [-0.2, -0.15) is 5.10 Å². The van der Waals surface area contributed by atoms with Crippen LogP contribution in [0.2, 0.25) is 0 Å². The Morgan fingerprint density at radius 3 is 2.74 bits per heavy atom. The van der Waals surface area contributed by atoms with Crippen LogP contribution in [-0.4, -0.2) is 51.8 Å². The maximum absolute atomic E-state index is 14.0. The third-order valence-electron chi connectivity index (χ3n) is 7.75. The van der Waals surface area contributed by atoms with E-state index in [1.54, 1.807) is 6.07 Å². The van der Waals surface area contributed by atoms with Gasteiger partial charge >= 0.3 is 0 Å². The highest BCUT2D eigenvalue weighted by molar-refractivity contribution is 7.99. The molecule has 2 saturated heterocycles. The molecule has 1 unspecified atom stereocenters. The molecule has 0 bridgehead atoms. The molecule has 7 nitrogen and oxygen atoms in total. The minimum absolute atomic E-state index is 0.136. The fraction of sp³-hybridized carbons (Fsp3) is 0.364. The van der Waals surface area contributed by atoms with Gasteiger partial charge in [-0.15, -0.1) is 0 Å². The van der Waals surface area contributed by atoms with E-state index in [-0.39, 0.29) is 12.1 Å². The highest BCUT2D eigenvalue weighted by Crippen LogP contribution is 2.36. The Morgan fingerprint density at radius 1 is 1.10 bits per heavy atom. The van der Waals surface area contributed by atoms with E-state index in [0.717, 1.165) is 53.0 Å². The summed E-state index contributed by atoms with van der Waals surface area (Å²) >= 11 is 1.44. The molecule has 1 amide bonds. The SMILES string of the molecule is CCNC(=O)c1cc(F)ccc1Sc1ccc2c(/C=C/c3ccc(CN4CCCC4)cn3)nn(C3CCCCO3)c2c1. The van der Waals surface area contributed by atoms with Crippen molar-refractivity contribution in [3.8, 4) is 0 Å². The van der Waals surface area contributed by atoms with Crippen LogP contribution in [0.1, 0.15) is 72.6 Å². The van der Waals surface area contributed by atoms with E-state index in [9.17, 15) is 9.18 Å². The van der Waals surface area contributed by atoms with Crippen LogP contribution in [0.3, 0.4) is 0 Å². The Kier molecular flexibility index (Phi) is 8.98. The summed E-state index contributed by atoms with van der Waals surface area (Å²) in [4.78, 5) is 21.4. The summed E-state index contributed by atoms with van der Waals surface area (Å²) in [5.41, 5.74) is 4.26. The van der Waals surface area contributed by atoms with Crippen molar-refractivity contribution in [3.63, 3.8) is 0 Å². The zero-order chi connectivity index (χ0) is 28.9. The maximum atomic E-state index is 14.0. The average molecular weight is 586 g/mol. The minimum Gasteiger partial charge on any atom is -0.356 e. The molecule has 1 atom stereocenters. The number of carbonyl (C=O) groups excluding carboxylic acids is 1. The molecule has 0 saturated carbocycles. The van der Waals surface area contributed by atoms with Gasteiger partial charge in [-0.3, -0.25) is 14.7 Å². The molecule has 1 N–H and O–H groups in total. The number of benzene rings is 2. The highest BCUT2D eigenvalue weighted by atomic mass is 32.2. The molecular formula is C33H36FN5O2S. The molecule has 4 heterocycles. The minimum atomic E-state index is -0.435.